The van der Waals surface area contributed by atoms with Gasteiger partial charge in [0.15, 0.2) is 11.5 Å². The van der Waals surface area contributed by atoms with Crippen LogP contribution in [0.15, 0.2) is 42.5 Å². The summed E-state index contributed by atoms with van der Waals surface area (Å²) in [5, 5.41) is 9.67. The minimum absolute atomic E-state index is 0.130. The van der Waals surface area contributed by atoms with E-state index < -0.39 is 11.9 Å². The normalized spacial score (nSPS) is 18.6. The third-order valence-electron chi connectivity index (χ3n) is 5.09. The van der Waals surface area contributed by atoms with Gasteiger partial charge in [0.05, 0.1) is 32.8 Å². The molecule has 1 N–H and O–H groups in total. The monoisotopic (exact) mass is 385 g/mol. The molecule has 7 heteroatoms. The van der Waals surface area contributed by atoms with E-state index in [1.165, 1.54) is 21.3 Å². The summed E-state index contributed by atoms with van der Waals surface area (Å²) >= 11 is 0. The first kappa shape index (κ1) is 19.5. The van der Waals surface area contributed by atoms with Crippen molar-refractivity contribution >= 4 is 11.9 Å². The van der Waals surface area contributed by atoms with Gasteiger partial charge in [-0.3, -0.25) is 9.59 Å². The minimum atomic E-state index is -0.913. The number of amides is 1. The second-order valence-electron chi connectivity index (χ2n) is 6.55. The molecule has 2 aromatic carbocycles. The average Bonchev–Trinajstić information content (AvgIpc) is 3.18. The summed E-state index contributed by atoms with van der Waals surface area (Å²) in [7, 11) is 4.42. The molecule has 1 saturated heterocycles. The van der Waals surface area contributed by atoms with Gasteiger partial charge >= 0.3 is 5.97 Å². The van der Waals surface area contributed by atoms with Crippen molar-refractivity contribution in [2.45, 2.75) is 5.92 Å². The number of hydrogen-bond acceptors (Lipinski definition) is 5. The molecule has 0 aliphatic carbocycles. The standard InChI is InChI=1S/C21H23NO6/c1-26-17-10-9-14(18(27-2)19(17)28-3)20(23)22-11-15(16(12-22)21(24)25)13-7-5-4-6-8-13/h4-10,15-16H,11-12H2,1-3H3,(H,24,25). The van der Waals surface area contributed by atoms with Crippen LogP contribution in [-0.4, -0.2) is 56.3 Å². The Kier molecular flexibility index (Phi) is 5.73. The highest BCUT2D eigenvalue weighted by atomic mass is 16.5. The lowest BCUT2D eigenvalue weighted by atomic mass is 9.89. The van der Waals surface area contributed by atoms with Crippen LogP contribution in [0.1, 0.15) is 21.8 Å². The second-order valence-corrected chi connectivity index (χ2v) is 6.55. The van der Waals surface area contributed by atoms with Gasteiger partial charge in [0.1, 0.15) is 0 Å². The maximum Gasteiger partial charge on any atom is 0.308 e. The number of benzene rings is 2. The third-order valence-corrected chi connectivity index (χ3v) is 5.09. The molecule has 1 aliphatic heterocycles. The molecule has 28 heavy (non-hydrogen) atoms. The number of carboxylic acids is 1. The van der Waals surface area contributed by atoms with Crippen LogP contribution >= 0.6 is 0 Å². The van der Waals surface area contributed by atoms with E-state index >= 15 is 0 Å². The van der Waals surface area contributed by atoms with Crippen LogP contribution in [-0.2, 0) is 4.79 Å². The van der Waals surface area contributed by atoms with Gasteiger partial charge in [0.2, 0.25) is 5.75 Å². The summed E-state index contributed by atoms with van der Waals surface area (Å²) < 4.78 is 16.0. The van der Waals surface area contributed by atoms with Crippen molar-refractivity contribution in [2.24, 2.45) is 5.92 Å². The van der Waals surface area contributed by atoms with Gasteiger partial charge in [-0.1, -0.05) is 30.3 Å². The quantitative estimate of drug-likeness (QED) is 0.823. The van der Waals surface area contributed by atoms with E-state index in [1.807, 2.05) is 30.3 Å². The van der Waals surface area contributed by atoms with Gasteiger partial charge in [-0.05, 0) is 17.7 Å². The van der Waals surface area contributed by atoms with E-state index in [1.54, 1.807) is 17.0 Å². The summed E-state index contributed by atoms with van der Waals surface area (Å²) in [4.78, 5) is 26.5. The zero-order chi connectivity index (χ0) is 20.3. The predicted octanol–water partition coefficient (Wildman–Crippen LogP) is 2.65. The number of carboxylic acid groups (broad SMARTS) is 1. The molecule has 0 aromatic heterocycles. The van der Waals surface area contributed by atoms with Crippen molar-refractivity contribution in [3.05, 3.63) is 53.6 Å². The number of carbonyl (C=O) groups is 2. The number of nitrogens with zero attached hydrogens (tertiary/aromatic N) is 1. The second kappa shape index (κ2) is 8.21. The molecule has 2 atom stereocenters. The van der Waals surface area contributed by atoms with Crippen LogP contribution in [0, 0.1) is 5.92 Å². The molecule has 1 amide bonds. The van der Waals surface area contributed by atoms with Gasteiger partial charge < -0.3 is 24.2 Å². The summed E-state index contributed by atoms with van der Waals surface area (Å²) in [6.07, 6.45) is 0. The molecule has 0 bridgehead atoms. The zero-order valence-corrected chi connectivity index (χ0v) is 16.0. The average molecular weight is 385 g/mol. The summed E-state index contributed by atoms with van der Waals surface area (Å²) in [5.74, 6) is -1.12. The van der Waals surface area contributed by atoms with Crippen molar-refractivity contribution in [3.63, 3.8) is 0 Å². The molecular weight excluding hydrogens is 362 g/mol. The van der Waals surface area contributed by atoms with E-state index in [2.05, 4.69) is 0 Å². The Morgan fingerprint density at radius 1 is 0.929 bits per heavy atom. The Bertz CT molecular complexity index is 867. The fourth-order valence-electron chi connectivity index (χ4n) is 3.70. The number of rotatable bonds is 6. The molecule has 0 radical (unpaired) electrons. The molecule has 7 nitrogen and oxygen atoms in total. The van der Waals surface area contributed by atoms with Crippen LogP contribution in [0.4, 0.5) is 0 Å². The Morgan fingerprint density at radius 2 is 1.61 bits per heavy atom. The Balaban J connectivity index is 1.94. The molecule has 0 saturated carbocycles. The molecule has 1 heterocycles. The van der Waals surface area contributed by atoms with Gasteiger partial charge in [-0.2, -0.15) is 0 Å². The lowest BCUT2D eigenvalue weighted by Crippen LogP contribution is -2.30. The van der Waals surface area contributed by atoms with E-state index in [4.69, 9.17) is 14.2 Å². The smallest absolute Gasteiger partial charge is 0.308 e. The molecule has 2 unspecified atom stereocenters. The SMILES string of the molecule is COc1ccc(C(=O)N2CC(C(=O)O)C(c3ccccc3)C2)c(OC)c1OC. The first-order valence-electron chi connectivity index (χ1n) is 8.87. The number of carbonyl (C=O) groups excluding carboxylic acids is 1. The fraction of sp³-hybridized carbons (Fsp3) is 0.333. The van der Waals surface area contributed by atoms with E-state index in [0.29, 0.717) is 23.6 Å². The molecule has 1 fully saturated rings. The summed E-state index contributed by atoms with van der Waals surface area (Å²) in [6.45, 7) is 0.447. The first-order chi connectivity index (χ1) is 13.5. The van der Waals surface area contributed by atoms with Crippen molar-refractivity contribution in [1.82, 2.24) is 4.90 Å². The van der Waals surface area contributed by atoms with Gasteiger partial charge in [-0.25, -0.2) is 0 Å². The van der Waals surface area contributed by atoms with E-state index in [0.717, 1.165) is 5.56 Å². The Morgan fingerprint density at radius 3 is 2.18 bits per heavy atom. The predicted molar refractivity (Wildman–Crippen MR) is 102 cm³/mol. The maximum atomic E-state index is 13.2. The zero-order valence-electron chi connectivity index (χ0n) is 16.0. The first-order valence-corrected chi connectivity index (χ1v) is 8.87. The Labute approximate surface area is 163 Å². The van der Waals surface area contributed by atoms with Crippen LogP contribution in [0.2, 0.25) is 0 Å². The molecule has 3 rings (SSSR count). The van der Waals surface area contributed by atoms with Crippen LogP contribution < -0.4 is 14.2 Å². The van der Waals surface area contributed by atoms with E-state index in [9.17, 15) is 14.7 Å². The number of ether oxygens (including phenoxy) is 3. The summed E-state index contributed by atoms with van der Waals surface area (Å²) in [5.41, 5.74) is 1.21. The third kappa shape index (κ3) is 3.47. The van der Waals surface area contributed by atoms with Gasteiger partial charge in [0, 0.05) is 19.0 Å². The molecule has 0 spiro atoms. The lowest BCUT2D eigenvalue weighted by molar-refractivity contribution is -0.141. The van der Waals surface area contributed by atoms with Crippen LogP contribution in [0.5, 0.6) is 17.2 Å². The lowest BCUT2D eigenvalue weighted by Gasteiger charge is -2.20. The van der Waals surface area contributed by atoms with Crippen molar-refractivity contribution in [1.29, 1.82) is 0 Å². The highest BCUT2D eigenvalue weighted by Gasteiger charge is 2.41. The summed E-state index contributed by atoms with van der Waals surface area (Å²) in [6, 6.07) is 12.6. The van der Waals surface area contributed by atoms with Gasteiger partial charge in [-0.15, -0.1) is 0 Å². The Hall–Kier alpha value is -3.22. The largest absolute Gasteiger partial charge is 0.493 e. The van der Waals surface area contributed by atoms with Crippen LogP contribution in [0.25, 0.3) is 0 Å². The molecule has 148 valence electrons. The topological polar surface area (TPSA) is 85.3 Å². The fourth-order valence-corrected chi connectivity index (χ4v) is 3.70. The number of methoxy groups -OCH3 is 3. The minimum Gasteiger partial charge on any atom is -0.493 e. The van der Waals surface area contributed by atoms with E-state index in [-0.39, 0.29) is 24.1 Å². The molecule has 2 aromatic rings. The number of likely N-dealkylation sites (tertiary alicyclic amines) is 1. The highest BCUT2D eigenvalue weighted by molar-refractivity contribution is 5.99. The van der Waals surface area contributed by atoms with Crippen molar-refractivity contribution < 1.29 is 28.9 Å². The maximum absolute atomic E-state index is 13.2. The number of aliphatic carboxylic acids is 1. The molecular formula is C21H23NO6. The van der Waals surface area contributed by atoms with Crippen molar-refractivity contribution in [3.8, 4) is 17.2 Å². The van der Waals surface area contributed by atoms with Gasteiger partial charge in [0.25, 0.3) is 5.91 Å². The number of hydrogen-bond donors (Lipinski definition) is 1. The van der Waals surface area contributed by atoms with Crippen molar-refractivity contribution in [2.75, 3.05) is 34.4 Å². The highest BCUT2D eigenvalue weighted by Crippen LogP contribution is 2.41. The molecule has 1 aliphatic rings. The van der Waals surface area contributed by atoms with Crippen LogP contribution in [0.3, 0.4) is 0 Å².